The van der Waals surface area contributed by atoms with Gasteiger partial charge in [0.25, 0.3) is 0 Å². The molecule has 0 radical (unpaired) electrons. The first-order chi connectivity index (χ1) is 14.7. The topological polar surface area (TPSA) is 41.6 Å². The molecule has 2 heterocycles. The van der Waals surface area contributed by atoms with Crippen LogP contribution in [0.2, 0.25) is 0 Å². The van der Waals surface area contributed by atoms with Crippen molar-refractivity contribution in [1.29, 1.82) is 0 Å². The van der Waals surface area contributed by atoms with Crippen LogP contribution in [0.3, 0.4) is 0 Å². The van der Waals surface area contributed by atoms with Crippen molar-refractivity contribution in [3.63, 3.8) is 0 Å². The number of thiophene rings is 1. The number of amides is 1. The maximum atomic E-state index is 12.9. The van der Waals surface area contributed by atoms with Crippen LogP contribution < -0.4 is 5.32 Å². The van der Waals surface area contributed by atoms with Gasteiger partial charge in [-0.15, -0.1) is 11.3 Å². The van der Waals surface area contributed by atoms with Gasteiger partial charge in [0.2, 0.25) is 5.91 Å². The molecule has 1 N–H and O–H groups in total. The van der Waals surface area contributed by atoms with Crippen LogP contribution >= 0.6 is 11.3 Å². The number of hydrogen-bond donors (Lipinski definition) is 1. The van der Waals surface area contributed by atoms with Gasteiger partial charge in [0.1, 0.15) is 6.04 Å². The van der Waals surface area contributed by atoms with Gasteiger partial charge < -0.3 is 15.0 Å². The predicted molar refractivity (Wildman–Crippen MR) is 123 cm³/mol. The Kier molecular flexibility index (Phi) is 6.82. The van der Waals surface area contributed by atoms with E-state index >= 15 is 0 Å². The SMILES string of the molecule is CC(Nc1cccc(COCCc2ccccc2)c1)C(=O)N1CCc2sccc2C1. The summed E-state index contributed by atoms with van der Waals surface area (Å²) in [5, 5.41) is 5.49. The molecule has 1 aliphatic heterocycles. The minimum atomic E-state index is -0.264. The first-order valence-electron chi connectivity index (χ1n) is 10.5. The zero-order chi connectivity index (χ0) is 20.8. The summed E-state index contributed by atoms with van der Waals surface area (Å²) in [6.07, 6.45) is 1.87. The summed E-state index contributed by atoms with van der Waals surface area (Å²) in [7, 11) is 0. The second-order valence-corrected chi connectivity index (χ2v) is 8.73. The minimum absolute atomic E-state index is 0.149. The fraction of sp³-hybridized carbons (Fsp3) is 0.320. The maximum absolute atomic E-state index is 12.9. The fourth-order valence-electron chi connectivity index (χ4n) is 3.80. The Hall–Kier alpha value is -2.63. The highest BCUT2D eigenvalue weighted by atomic mass is 32.1. The summed E-state index contributed by atoms with van der Waals surface area (Å²) in [5.41, 5.74) is 4.64. The van der Waals surface area contributed by atoms with Crippen LogP contribution in [0.5, 0.6) is 0 Å². The van der Waals surface area contributed by atoms with E-state index in [0.29, 0.717) is 13.2 Å². The monoisotopic (exact) mass is 420 g/mol. The third-order valence-corrected chi connectivity index (χ3v) is 6.47. The molecule has 0 saturated carbocycles. The lowest BCUT2D eigenvalue weighted by Gasteiger charge is -2.30. The second kappa shape index (κ2) is 9.92. The first kappa shape index (κ1) is 20.6. The summed E-state index contributed by atoms with van der Waals surface area (Å²) in [6, 6.07) is 20.4. The molecule has 1 aliphatic rings. The standard InChI is InChI=1S/C25H28N2O2S/c1-19(25(28)27-13-10-24-22(17-27)12-15-30-24)26-23-9-5-8-21(16-23)18-29-14-11-20-6-3-2-4-7-20/h2-9,12,15-16,19,26H,10-11,13-14,17-18H2,1H3. The van der Waals surface area contributed by atoms with Crippen molar-refractivity contribution in [3.05, 3.63) is 87.6 Å². The second-order valence-electron chi connectivity index (χ2n) is 7.73. The fourth-order valence-corrected chi connectivity index (χ4v) is 4.69. The zero-order valence-corrected chi connectivity index (χ0v) is 18.2. The number of nitrogens with one attached hydrogen (secondary N) is 1. The molecule has 0 aliphatic carbocycles. The lowest BCUT2D eigenvalue weighted by atomic mass is 10.1. The molecule has 5 heteroatoms. The molecule has 0 bridgehead atoms. The maximum Gasteiger partial charge on any atom is 0.245 e. The Morgan fingerprint density at radius 1 is 1.13 bits per heavy atom. The number of benzene rings is 2. The number of nitrogens with zero attached hydrogens (tertiary/aromatic N) is 1. The van der Waals surface area contributed by atoms with Crippen LogP contribution in [-0.4, -0.2) is 30.0 Å². The van der Waals surface area contributed by atoms with Crippen LogP contribution in [-0.2, 0) is 35.5 Å². The molecule has 1 amide bonds. The smallest absolute Gasteiger partial charge is 0.245 e. The Balaban J connectivity index is 1.26. The molecule has 2 aromatic carbocycles. The van der Waals surface area contributed by atoms with Crippen molar-refractivity contribution in [2.45, 2.75) is 39.0 Å². The molecule has 0 fully saturated rings. The van der Waals surface area contributed by atoms with E-state index in [0.717, 1.165) is 37.2 Å². The molecule has 0 saturated heterocycles. The van der Waals surface area contributed by atoms with Crippen LogP contribution in [0.4, 0.5) is 5.69 Å². The van der Waals surface area contributed by atoms with E-state index < -0.39 is 0 Å². The predicted octanol–water partition coefficient (Wildman–Crippen LogP) is 4.89. The van der Waals surface area contributed by atoms with Crippen molar-refractivity contribution < 1.29 is 9.53 Å². The number of fused-ring (bicyclic) bond motifs is 1. The van der Waals surface area contributed by atoms with E-state index in [2.05, 4.69) is 53.2 Å². The van der Waals surface area contributed by atoms with E-state index in [1.807, 2.05) is 30.0 Å². The number of hydrogen-bond acceptors (Lipinski definition) is 4. The number of carbonyl (C=O) groups is 1. The summed E-state index contributed by atoms with van der Waals surface area (Å²) in [5.74, 6) is 0.149. The normalized spacial score (nSPS) is 14.2. The highest BCUT2D eigenvalue weighted by molar-refractivity contribution is 7.10. The largest absolute Gasteiger partial charge is 0.376 e. The van der Waals surface area contributed by atoms with Gasteiger partial charge in [0.05, 0.1) is 13.2 Å². The van der Waals surface area contributed by atoms with Gasteiger partial charge in [0.15, 0.2) is 0 Å². The van der Waals surface area contributed by atoms with Gasteiger partial charge in [-0.05, 0) is 60.0 Å². The number of carbonyl (C=O) groups excluding carboxylic acids is 1. The van der Waals surface area contributed by atoms with E-state index in [1.165, 1.54) is 16.0 Å². The van der Waals surface area contributed by atoms with E-state index in [-0.39, 0.29) is 11.9 Å². The third kappa shape index (κ3) is 5.29. The molecule has 0 spiro atoms. The average Bonchev–Trinajstić information content (AvgIpc) is 3.25. The summed E-state index contributed by atoms with van der Waals surface area (Å²) in [4.78, 5) is 16.3. The average molecular weight is 421 g/mol. The summed E-state index contributed by atoms with van der Waals surface area (Å²) >= 11 is 1.79. The van der Waals surface area contributed by atoms with Gasteiger partial charge in [-0.1, -0.05) is 42.5 Å². The molecule has 30 heavy (non-hydrogen) atoms. The lowest BCUT2D eigenvalue weighted by molar-refractivity contribution is -0.132. The van der Waals surface area contributed by atoms with Crippen LogP contribution in [0.25, 0.3) is 0 Å². The lowest BCUT2D eigenvalue weighted by Crippen LogP contribution is -2.43. The highest BCUT2D eigenvalue weighted by Crippen LogP contribution is 2.24. The highest BCUT2D eigenvalue weighted by Gasteiger charge is 2.25. The molecule has 156 valence electrons. The van der Waals surface area contributed by atoms with E-state index in [1.54, 1.807) is 11.3 Å². The summed E-state index contributed by atoms with van der Waals surface area (Å²) in [6.45, 7) is 4.72. The van der Waals surface area contributed by atoms with Gasteiger partial charge in [-0.25, -0.2) is 0 Å². The van der Waals surface area contributed by atoms with Crippen LogP contribution in [0.15, 0.2) is 66.0 Å². The molecule has 4 rings (SSSR count). The quantitative estimate of drug-likeness (QED) is 0.528. The van der Waals surface area contributed by atoms with Crippen molar-refractivity contribution in [2.24, 2.45) is 0 Å². The zero-order valence-electron chi connectivity index (χ0n) is 17.3. The summed E-state index contributed by atoms with van der Waals surface area (Å²) < 4.78 is 5.85. The van der Waals surface area contributed by atoms with E-state index in [9.17, 15) is 4.79 Å². The van der Waals surface area contributed by atoms with Gasteiger partial charge in [-0.2, -0.15) is 0 Å². The molecule has 3 aromatic rings. The Morgan fingerprint density at radius 2 is 1.97 bits per heavy atom. The Labute approximate surface area is 182 Å². The van der Waals surface area contributed by atoms with Gasteiger partial charge in [-0.3, -0.25) is 4.79 Å². The molecule has 4 nitrogen and oxygen atoms in total. The van der Waals surface area contributed by atoms with Crippen molar-refractivity contribution >= 4 is 22.9 Å². The van der Waals surface area contributed by atoms with Crippen molar-refractivity contribution in [1.82, 2.24) is 4.90 Å². The third-order valence-electron chi connectivity index (χ3n) is 5.45. The molecule has 1 atom stereocenters. The van der Waals surface area contributed by atoms with Gasteiger partial charge in [0, 0.05) is 23.7 Å². The first-order valence-corrected chi connectivity index (χ1v) is 11.4. The van der Waals surface area contributed by atoms with Crippen molar-refractivity contribution in [2.75, 3.05) is 18.5 Å². The van der Waals surface area contributed by atoms with Crippen LogP contribution in [0, 0.1) is 0 Å². The Morgan fingerprint density at radius 3 is 2.83 bits per heavy atom. The molecule has 1 aromatic heterocycles. The number of rotatable bonds is 8. The number of ether oxygens (including phenoxy) is 1. The van der Waals surface area contributed by atoms with Gasteiger partial charge >= 0.3 is 0 Å². The molecular formula is C25H28N2O2S. The molecule has 1 unspecified atom stereocenters. The van der Waals surface area contributed by atoms with Crippen LogP contribution in [0.1, 0.15) is 28.5 Å². The Bertz CT molecular complexity index is 970. The van der Waals surface area contributed by atoms with E-state index in [4.69, 9.17) is 4.74 Å². The molecular weight excluding hydrogens is 392 g/mol. The number of anilines is 1. The minimum Gasteiger partial charge on any atom is -0.376 e. The van der Waals surface area contributed by atoms with Crippen molar-refractivity contribution in [3.8, 4) is 0 Å².